The van der Waals surface area contributed by atoms with Gasteiger partial charge >= 0.3 is 51.4 Å². The molecule has 1 atom stereocenters. The SMILES string of the molecule is CC(=CCC(C)S(=O)(=O)O)C(=O)[O-].[K+]. The molecule has 0 aliphatic carbocycles. The van der Waals surface area contributed by atoms with Crippen LogP contribution in [0.5, 0.6) is 0 Å². The fourth-order valence-corrected chi connectivity index (χ4v) is 0.887. The minimum absolute atomic E-state index is 0. The number of aliphatic carboxylic acids is 1. The Kier molecular flexibility index (Phi) is 8.70. The van der Waals surface area contributed by atoms with E-state index in [1.165, 1.54) is 19.9 Å². The van der Waals surface area contributed by atoms with Gasteiger partial charge in [-0.05, 0) is 25.8 Å². The number of rotatable bonds is 4. The number of hydrogen-bond donors (Lipinski definition) is 1. The third-order valence-corrected chi connectivity index (χ3v) is 2.80. The van der Waals surface area contributed by atoms with Crippen LogP contribution in [-0.2, 0) is 14.9 Å². The van der Waals surface area contributed by atoms with Gasteiger partial charge in [0.2, 0.25) is 0 Å². The molecule has 1 unspecified atom stereocenters. The smallest absolute Gasteiger partial charge is 0.545 e. The van der Waals surface area contributed by atoms with E-state index < -0.39 is 21.3 Å². The molecular formula is C7H11KO5S. The third kappa shape index (κ3) is 7.10. The Morgan fingerprint density at radius 1 is 1.57 bits per heavy atom. The van der Waals surface area contributed by atoms with Gasteiger partial charge in [-0.1, -0.05) is 6.08 Å². The molecule has 1 N–H and O–H groups in total. The van der Waals surface area contributed by atoms with E-state index in [-0.39, 0.29) is 63.4 Å². The summed E-state index contributed by atoms with van der Waals surface area (Å²) in [5, 5.41) is 9.17. The van der Waals surface area contributed by atoms with E-state index in [2.05, 4.69) is 0 Å². The van der Waals surface area contributed by atoms with E-state index in [9.17, 15) is 18.3 Å². The average molecular weight is 246 g/mol. The first-order chi connectivity index (χ1) is 5.75. The van der Waals surface area contributed by atoms with Crippen molar-refractivity contribution < 1.29 is 74.3 Å². The standard InChI is InChI=1S/C7H12O5S.K/c1-5(7(8)9)3-4-6(2)13(10,11)12;/h3,6H,4H2,1-2H3,(H,8,9)(H,10,11,12);/q;+1/p-1. The van der Waals surface area contributed by atoms with Crippen LogP contribution in [0, 0.1) is 0 Å². The Bertz CT molecular complexity index is 319. The summed E-state index contributed by atoms with van der Waals surface area (Å²) in [7, 11) is -4.08. The first-order valence-electron chi connectivity index (χ1n) is 3.59. The quantitative estimate of drug-likeness (QED) is 0.314. The van der Waals surface area contributed by atoms with E-state index in [4.69, 9.17) is 4.55 Å². The molecule has 0 aliphatic rings. The number of carboxylic acids is 1. The van der Waals surface area contributed by atoms with Crippen LogP contribution in [0.15, 0.2) is 11.6 Å². The van der Waals surface area contributed by atoms with Gasteiger partial charge < -0.3 is 9.90 Å². The molecule has 0 aromatic rings. The van der Waals surface area contributed by atoms with Gasteiger partial charge in [-0.25, -0.2) is 0 Å². The molecule has 0 fully saturated rings. The minimum atomic E-state index is -4.08. The molecular weight excluding hydrogens is 235 g/mol. The van der Waals surface area contributed by atoms with Crippen LogP contribution in [0.2, 0.25) is 0 Å². The van der Waals surface area contributed by atoms with Gasteiger partial charge in [0, 0.05) is 0 Å². The first kappa shape index (κ1) is 17.2. The van der Waals surface area contributed by atoms with Gasteiger partial charge in [0.05, 0.1) is 11.2 Å². The Hall–Kier alpha value is 0.756. The summed E-state index contributed by atoms with van der Waals surface area (Å²) in [6, 6.07) is 0. The fourth-order valence-electron chi connectivity index (χ4n) is 0.548. The molecule has 0 saturated heterocycles. The maximum absolute atomic E-state index is 10.5. The number of hydrogen-bond acceptors (Lipinski definition) is 4. The zero-order valence-electron chi connectivity index (χ0n) is 8.35. The number of carboxylic acid groups (broad SMARTS) is 1. The van der Waals surface area contributed by atoms with E-state index in [0.717, 1.165) is 0 Å². The van der Waals surface area contributed by atoms with Crippen molar-refractivity contribution in [2.75, 3.05) is 0 Å². The van der Waals surface area contributed by atoms with Gasteiger partial charge in [-0.15, -0.1) is 0 Å². The summed E-state index contributed by atoms with van der Waals surface area (Å²) < 4.78 is 29.5. The van der Waals surface area contributed by atoms with Crippen molar-refractivity contribution in [1.82, 2.24) is 0 Å². The second-order valence-corrected chi connectivity index (χ2v) is 4.57. The molecule has 0 heterocycles. The van der Waals surface area contributed by atoms with Gasteiger partial charge in [-0.2, -0.15) is 8.42 Å². The van der Waals surface area contributed by atoms with Crippen molar-refractivity contribution in [2.24, 2.45) is 0 Å². The van der Waals surface area contributed by atoms with E-state index >= 15 is 0 Å². The molecule has 0 radical (unpaired) electrons. The fraction of sp³-hybridized carbons (Fsp3) is 0.571. The molecule has 0 aromatic heterocycles. The summed E-state index contributed by atoms with van der Waals surface area (Å²) >= 11 is 0. The van der Waals surface area contributed by atoms with Gasteiger partial charge in [0.15, 0.2) is 0 Å². The van der Waals surface area contributed by atoms with Crippen LogP contribution < -0.4 is 56.5 Å². The van der Waals surface area contributed by atoms with Crippen molar-refractivity contribution in [3.8, 4) is 0 Å². The minimum Gasteiger partial charge on any atom is -0.545 e. The molecule has 0 aliphatic heterocycles. The Morgan fingerprint density at radius 2 is 2.00 bits per heavy atom. The zero-order chi connectivity index (χ0) is 10.6. The monoisotopic (exact) mass is 246 g/mol. The third-order valence-electron chi connectivity index (χ3n) is 1.59. The Labute approximate surface area is 126 Å². The maximum Gasteiger partial charge on any atom is 1.00 e. The second kappa shape index (κ2) is 7.10. The molecule has 0 aromatic carbocycles. The molecule has 7 heteroatoms. The normalized spacial score (nSPS) is 14.4. The summed E-state index contributed by atoms with van der Waals surface area (Å²) in [6.45, 7) is 2.58. The Balaban J connectivity index is 0. The first-order valence-corrected chi connectivity index (χ1v) is 5.10. The summed E-state index contributed by atoms with van der Waals surface area (Å²) in [4.78, 5) is 10.2. The van der Waals surface area contributed by atoms with Crippen molar-refractivity contribution in [1.29, 1.82) is 0 Å². The molecule has 0 amide bonds. The van der Waals surface area contributed by atoms with E-state index in [1.807, 2.05) is 0 Å². The number of carbonyl (C=O) groups excluding carboxylic acids is 1. The van der Waals surface area contributed by atoms with Crippen LogP contribution in [0.1, 0.15) is 20.3 Å². The number of carbonyl (C=O) groups is 1. The van der Waals surface area contributed by atoms with Crippen molar-refractivity contribution >= 4 is 16.1 Å². The summed E-state index contributed by atoms with van der Waals surface area (Å²) in [6.07, 6.45) is 1.16. The largest absolute Gasteiger partial charge is 1.00 e. The van der Waals surface area contributed by atoms with Crippen LogP contribution in [-0.4, -0.2) is 24.2 Å². The predicted molar refractivity (Wildman–Crippen MR) is 44.4 cm³/mol. The topological polar surface area (TPSA) is 94.5 Å². The maximum atomic E-state index is 10.5. The van der Waals surface area contributed by atoms with Crippen LogP contribution in [0.3, 0.4) is 0 Å². The van der Waals surface area contributed by atoms with Gasteiger partial charge in [0.1, 0.15) is 0 Å². The predicted octanol–water partition coefficient (Wildman–Crippen LogP) is -3.65. The summed E-state index contributed by atoms with van der Waals surface area (Å²) in [5.41, 5.74) is -0.0458. The molecule has 5 nitrogen and oxygen atoms in total. The average Bonchev–Trinajstić information content (AvgIpc) is 1.97. The molecule has 76 valence electrons. The zero-order valence-corrected chi connectivity index (χ0v) is 12.3. The summed E-state index contributed by atoms with van der Waals surface area (Å²) in [5.74, 6) is -1.34. The number of allylic oxidation sites excluding steroid dienone is 1. The van der Waals surface area contributed by atoms with Crippen LogP contribution >= 0.6 is 0 Å². The van der Waals surface area contributed by atoms with Crippen molar-refractivity contribution in [3.63, 3.8) is 0 Å². The second-order valence-electron chi connectivity index (χ2n) is 2.74. The van der Waals surface area contributed by atoms with E-state index in [0.29, 0.717) is 0 Å². The van der Waals surface area contributed by atoms with Crippen LogP contribution in [0.4, 0.5) is 0 Å². The van der Waals surface area contributed by atoms with Gasteiger partial charge in [-0.3, -0.25) is 4.55 Å². The van der Waals surface area contributed by atoms with Crippen molar-refractivity contribution in [2.45, 2.75) is 25.5 Å². The van der Waals surface area contributed by atoms with E-state index in [1.54, 1.807) is 0 Å². The molecule has 0 rings (SSSR count). The molecule has 0 bridgehead atoms. The molecule has 0 spiro atoms. The molecule has 0 saturated carbocycles. The van der Waals surface area contributed by atoms with Crippen LogP contribution in [0.25, 0.3) is 0 Å². The Morgan fingerprint density at radius 3 is 2.29 bits per heavy atom. The van der Waals surface area contributed by atoms with Gasteiger partial charge in [0.25, 0.3) is 10.1 Å². The van der Waals surface area contributed by atoms with Crippen molar-refractivity contribution in [3.05, 3.63) is 11.6 Å². The molecule has 14 heavy (non-hydrogen) atoms.